The summed E-state index contributed by atoms with van der Waals surface area (Å²) >= 11 is 0. The Hall–Kier alpha value is -3.88. The van der Waals surface area contributed by atoms with Crippen molar-refractivity contribution >= 4 is 54.5 Å². The Bertz CT molecular complexity index is 1820. The summed E-state index contributed by atoms with van der Waals surface area (Å²) in [5.74, 6) is 0.476. The molecule has 2 heterocycles. The van der Waals surface area contributed by atoms with Crippen LogP contribution in [0.2, 0.25) is 0 Å². The molecular weight excluding hydrogens is 500 g/mol. The number of fused-ring (bicyclic) bond motifs is 5. The molecule has 0 N–H and O–H groups in total. The van der Waals surface area contributed by atoms with E-state index in [2.05, 4.69) is 30.0 Å². The van der Waals surface area contributed by atoms with Gasteiger partial charge in [0.2, 0.25) is 11.5 Å². The van der Waals surface area contributed by atoms with Crippen LogP contribution in [0.15, 0.2) is 82.8 Å². The molecule has 194 valence electrons. The zero-order valence-corrected chi connectivity index (χ0v) is 22.1. The maximum atomic E-state index is 11.8. The maximum Gasteiger partial charge on any atom is 0.374 e. The predicted molar refractivity (Wildman–Crippen MR) is 148 cm³/mol. The Kier molecular flexibility index (Phi) is 6.08. The van der Waals surface area contributed by atoms with Gasteiger partial charge in [-0.15, -0.1) is 4.57 Å². The van der Waals surface area contributed by atoms with Crippen molar-refractivity contribution in [3.05, 3.63) is 84.3 Å². The summed E-state index contributed by atoms with van der Waals surface area (Å²) in [5.41, 5.74) is 3.21. The standard InChI is InChI=1S/C30H28N2O5S/c1-3-20(15-28-31(4-2)30-24-12-8-7-9-21(24)13-14-26(30)36-28)16-29-32(19-38(33,34)35)25-17-22-10-5-6-11-23(22)18-27(25)37-29/h5-14,16-18,28H,3-4,15,19H2,1-2H3. The van der Waals surface area contributed by atoms with Gasteiger partial charge in [0.15, 0.2) is 16.3 Å². The average molecular weight is 529 g/mol. The molecule has 1 aromatic heterocycles. The van der Waals surface area contributed by atoms with Gasteiger partial charge in [-0.3, -0.25) is 0 Å². The molecule has 8 heteroatoms. The first-order valence-electron chi connectivity index (χ1n) is 12.8. The van der Waals surface area contributed by atoms with Crippen molar-refractivity contribution in [2.75, 3.05) is 11.4 Å². The third kappa shape index (κ3) is 4.40. The van der Waals surface area contributed by atoms with Crippen molar-refractivity contribution in [2.45, 2.75) is 38.8 Å². The van der Waals surface area contributed by atoms with E-state index in [4.69, 9.17) is 9.15 Å². The first-order valence-corrected chi connectivity index (χ1v) is 14.4. The lowest BCUT2D eigenvalue weighted by molar-refractivity contribution is -0.658. The van der Waals surface area contributed by atoms with Crippen molar-refractivity contribution in [3.63, 3.8) is 0 Å². The number of hydrogen-bond acceptors (Lipinski definition) is 6. The van der Waals surface area contributed by atoms with Crippen molar-refractivity contribution < 1.29 is 26.7 Å². The number of nitrogens with zero attached hydrogens (tertiary/aromatic N) is 2. The third-order valence-electron chi connectivity index (χ3n) is 7.21. The molecule has 0 amide bonds. The summed E-state index contributed by atoms with van der Waals surface area (Å²) < 4.78 is 49.5. The van der Waals surface area contributed by atoms with Crippen LogP contribution in [-0.2, 0) is 16.0 Å². The Labute approximate surface area is 221 Å². The van der Waals surface area contributed by atoms with E-state index in [1.807, 2.05) is 67.6 Å². The molecule has 1 aliphatic heterocycles. The molecule has 6 rings (SSSR count). The molecule has 7 nitrogen and oxygen atoms in total. The summed E-state index contributed by atoms with van der Waals surface area (Å²) in [4.78, 5) is 2.27. The fourth-order valence-corrected chi connectivity index (χ4v) is 5.97. The molecular formula is C30H28N2O5S. The van der Waals surface area contributed by atoms with Crippen LogP contribution in [0.25, 0.3) is 38.7 Å². The van der Waals surface area contributed by atoms with Crippen molar-refractivity contribution in [2.24, 2.45) is 0 Å². The molecule has 5 aromatic rings. The highest BCUT2D eigenvalue weighted by molar-refractivity contribution is 7.84. The SMILES string of the molecule is CCC(=Cc1oc2cc3ccccc3cc2[n+]1CS(=O)(=O)[O-])CC1Oc2ccc3ccccc3c2N1CC. The lowest BCUT2D eigenvalue weighted by atomic mass is 10.1. The molecule has 1 aliphatic rings. The number of aromatic nitrogens is 1. The summed E-state index contributed by atoms with van der Waals surface area (Å²) in [6.45, 7) is 4.93. The number of rotatable bonds is 7. The molecule has 0 saturated carbocycles. The van der Waals surface area contributed by atoms with Crippen LogP contribution in [-0.4, -0.2) is 25.7 Å². The number of oxazole rings is 1. The van der Waals surface area contributed by atoms with Gasteiger partial charge in [-0.2, -0.15) is 0 Å². The minimum atomic E-state index is -4.56. The third-order valence-corrected chi connectivity index (χ3v) is 7.78. The number of anilines is 1. The van der Waals surface area contributed by atoms with Crippen LogP contribution < -0.4 is 14.2 Å². The minimum absolute atomic E-state index is 0.212. The zero-order chi connectivity index (χ0) is 26.4. The quantitative estimate of drug-likeness (QED) is 0.191. The first kappa shape index (κ1) is 24.5. The van der Waals surface area contributed by atoms with E-state index in [1.54, 1.807) is 0 Å². The molecule has 0 saturated heterocycles. The monoisotopic (exact) mass is 528 g/mol. The van der Waals surface area contributed by atoms with Crippen molar-refractivity contribution in [1.29, 1.82) is 0 Å². The lowest BCUT2D eigenvalue weighted by Gasteiger charge is -2.25. The number of ether oxygens (including phenoxy) is 1. The van der Waals surface area contributed by atoms with Crippen molar-refractivity contribution in [3.8, 4) is 5.75 Å². The Balaban J connectivity index is 1.40. The smallest absolute Gasteiger partial charge is 0.374 e. The fraction of sp³-hybridized carbons (Fsp3) is 0.233. The topological polar surface area (TPSA) is 86.7 Å². The van der Waals surface area contributed by atoms with Gasteiger partial charge in [0.05, 0.1) is 11.8 Å². The van der Waals surface area contributed by atoms with Gasteiger partial charge < -0.3 is 18.6 Å². The van der Waals surface area contributed by atoms with Crippen LogP contribution in [0, 0.1) is 0 Å². The van der Waals surface area contributed by atoms with Crippen LogP contribution in [0.4, 0.5) is 5.69 Å². The van der Waals surface area contributed by atoms with E-state index in [1.165, 1.54) is 4.57 Å². The molecule has 38 heavy (non-hydrogen) atoms. The van der Waals surface area contributed by atoms with Gasteiger partial charge in [0.1, 0.15) is 5.75 Å². The second-order valence-electron chi connectivity index (χ2n) is 9.57. The van der Waals surface area contributed by atoms with Crippen LogP contribution in [0.5, 0.6) is 5.75 Å². The number of hydrogen-bond donors (Lipinski definition) is 0. The van der Waals surface area contributed by atoms with Crippen molar-refractivity contribution in [1.82, 2.24) is 0 Å². The summed E-state index contributed by atoms with van der Waals surface area (Å²) in [6, 6.07) is 23.9. The van der Waals surface area contributed by atoms with Gasteiger partial charge in [-0.1, -0.05) is 67.1 Å². The fourth-order valence-electron chi connectivity index (χ4n) is 5.38. The summed E-state index contributed by atoms with van der Waals surface area (Å²) in [6.07, 6.45) is 2.94. The van der Waals surface area contributed by atoms with Gasteiger partial charge in [-0.25, -0.2) is 8.42 Å². The van der Waals surface area contributed by atoms with Crippen LogP contribution in [0.3, 0.4) is 0 Å². The maximum absolute atomic E-state index is 11.8. The second kappa shape index (κ2) is 9.45. The second-order valence-corrected chi connectivity index (χ2v) is 10.9. The average Bonchev–Trinajstić information content (AvgIpc) is 3.42. The normalized spacial score (nSPS) is 15.9. The first-order chi connectivity index (χ1) is 18.3. The Morgan fingerprint density at radius 3 is 2.42 bits per heavy atom. The van der Waals surface area contributed by atoms with E-state index in [9.17, 15) is 13.0 Å². The molecule has 0 radical (unpaired) electrons. The van der Waals surface area contributed by atoms with E-state index in [-0.39, 0.29) is 6.23 Å². The van der Waals surface area contributed by atoms with Crippen LogP contribution >= 0.6 is 0 Å². The minimum Gasteiger partial charge on any atom is -0.743 e. The predicted octanol–water partition coefficient (Wildman–Crippen LogP) is 5.96. The molecule has 0 spiro atoms. The lowest BCUT2D eigenvalue weighted by Crippen LogP contribution is -2.39. The molecule has 4 aromatic carbocycles. The highest BCUT2D eigenvalue weighted by atomic mass is 32.2. The van der Waals surface area contributed by atoms with Crippen LogP contribution in [0.1, 0.15) is 32.6 Å². The highest BCUT2D eigenvalue weighted by Crippen LogP contribution is 2.44. The summed E-state index contributed by atoms with van der Waals surface area (Å²) in [7, 11) is -4.56. The van der Waals surface area contributed by atoms with Gasteiger partial charge >= 0.3 is 5.89 Å². The zero-order valence-electron chi connectivity index (χ0n) is 21.3. The summed E-state index contributed by atoms with van der Waals surface area (Å²) in [5, 5.41) is 4.22. The molecule has 1 atom stereocenters. The van der Waals surface area contributed by atoms with E-state index < -0.39 is 16.0 Å². The number of benzene rings is 4. The largest absolute Gasteiger partial charge is 0.743 e. The molecule has 0 aliphatic carbocycles. The molecule has 0 fully saturated rings. The van der Waals surface area contributed by atoms with E-state index in [0.717, 1.165) is 45.1 Å². The molecule has 0 bridgehead atoms. The van der Waals surface area contributed by atoms with E-state index in [0.29, 0.717) is 29.8 Å². The molecule has 1 unspecified atom stereocenters. The van der Waals surface area contributed by atoms with Gasteiger partial charge in [-0.05, 0) is 41.6 Å². The Morgan fingerprint density at radius 2 is 1.71 bits per heavy atom. The van der Waals surface area contributed by atoms with Gasteiger partial charge in [0, 0.05) is 24.4 Å². The van der Waals surface area contributed by atoms with Gasteiger partial charge in [0.25, 0.3) is 5.52 Å². The Morgan fingerprint density at radius 1 is 1.00 bits per heavy atom. The van der Waals surface area contributed by atoms with E-state index >= 15 is 0 Å². The highest BCUT2D eigenvalue weighted by Gasteiger charge is 2.32.